The van der Waals surface area contributed by atoms with Gasteiger partial charge in [0.05, 0.1) is 0 Å². The van der Waals surface area contributed by atoms with Crippen molar-refractivity contribution in [2.75, 3.05) is 38.1 Å². The van der Waals surface area contributed by atoms with Gasteiger partial charge in [-0.3, -0.25) is 14.7 Å². The molecule has 2 saturated heterocycles. The van der Waals surface area contributed by atoms with Crippen LogP contribution in [0.25, 0.3) is 0 Å². The van der Waals surface area contributed by atoms with E-state index in [9.17, 15) is 14.0 Å². The minimum absolute atomic E-state index is 0.165. The Kier molecular flexibility index (Phi) is 7.35. The number of nitrogens with zero attached hydrogens (tertiary/aromatic N) is 3. The van der Waals surface area contributed by atoms with Crippen molar-refractivity contribution in [3.05, 3.63) is 30.1 Å². The number of nitrogens with one attached hydrogen (secondary N) is 3. The van der Waals surface area contributed by atoms with E-state index in [1.165, 1.54) is 11.0 Å². The summed E-state index contributed by atoms with van der Waals surface area (Å²) >= 11 is 0. The van der Waals surface area contributed by atoms with Gasteiger partial charge in [-0.1, -0.05) is 13.0 Å². The van der Waals surface area contributed by atoms with Crippen molar-refractivity contribution in [3.63, 3.8) is 0 Å². The lowest BCUT2D eigenvalue weighted by Gasteiger charge is -2.35. The predicted molar refractivity (Wildman–Crippen MR) is 120 cm³/mol. The molecule has 3 N–H and O–H groups in total. The predicted octanol–water partition coefficient (Wildman–Crippen LogP) is 2.07. The highest BCUT2D eigenvalue weighted by Crippen LogP contribution is 2.21. The van der Waals surface area contributed by atoms with Crippen LogP contribution in [0.3, 0.4) is 0 Å². The molecule has 2 fully saturated rings. The number of carbonyl (C=O) groups excluding carboxylic acids is 2. The third-order valence-corrected chi connectivity index (χ3v) is 6.06. The molecule has 2 aliphatic heterocycles. The Bertz CT molecular complexity index is 832. The SMILES string of the molecule is CCC1(C)NC(=O)N(CCCNC(=NC)NC2CCCN(c3cccc(F)c3)C2)C1=O. The topological polar surface area (TPSA) is 89.1 Å². The maximum atomic E-state index is 13.6. The van der Waals surface area contributed by atoms with E-state index in [-0.39, 0.29) is 23.8 Å². The van der Waals surface area contributed by atoms with Crippen LogP contribution in [-0.2, 0) is 4.79 Å². The number of hydrogen-bond donors (Lipinski definition) is 3. The van der Waals surface area contributed by atoms with E-state index in [0.717, 1.165) is 31.6 Å². The van der Waals surface area contributed by atoms with E-state index in [1.54, 1.807) is 26.1 Å². The standard InChI is InChI=1S/C22H33FN6O2/c1-4-22(2)19(30)29(21(31)27-22)13-7-11-25-20(24-3)26-17-9-6-12-28(15-17)18-10-5-8-16(23)14-18/h5,8,10,14,17H,4,6-7,9,11-13,15H2,1-3H3,(H,27,31)(H2,24,25,26). The van der Waals surface area contributed by atoms with E-state index in [0.29, 0.717) is 31.9 Å². The number of anilines is 1. The number of benzene rings is 1. The first-order chi connectivity index (χ1) is 14.9. The number of piperidine rings is 1. The van der Waals surface area contributed by atoms with Gasteiger partial charge in [-0.05, 0) is 50.8 Å². The van der Waals surface area contributed by atoms with Crippen LogP contribution in [0.15, 0.2) is 29.3 Å². The van der Waals surface area contributed by atoms with Gasteiger partial charge in [-0.2, -0.15) is 0 Å². The summed E-state index contributed by atoms with van der Waals surface area (Å²) in [5, 5.41) is 9.46. The van der Waals surface area contributed by atoms with Gasteiger partial charge in [0.25, 0.3) is 5.91 Å². The molecule has 0 saturated carbocycles. The maximum absolute atomic E-state index is 13.6. The fourth-order valence-electron chi connectivity index (χ4n) is 4.02. The first-order valence-electron chi connectivity index (χ1n) is 11.0. The van der Waals surface area contributed by atoms with Gasteiger partial charge >= 0.3 is 6.03 Å². The molecular formula is C22H33FN6O2. The van der Waals surface area contributed by atoms with Crippen molar-refractivity contribution in [1.82, 2.24) is 20.9 Å². The molecular weight excluding hydrogens is 399 g/mol. The van der Waals surface area contributed by atoms with Crippen LogP contribution in [0.1, 0.15) is 39.5 Å². The molecule has 3 rings (SSSR count). The smallest absolute Gasteiger partial charge is 0.325 e. The molecule has 1 aromatic rings. The van der Waals surface area contributed by atoms with Crippen LogP contribution in [0, 0.1) is 5.82 Å². The summed E-state index contributed by atoms with van der Waals surface area (Å²) in [5.74, 6) is 0.290. The van der Waals surface area contributed by atoms with Crippen molar-refractivity contribution in [2.24, 2.45) is 4.99 Å². The molecule has 1 aromatic carbocycles. The molecule has 2 atom stereocenters. The Balaban J connectivity index is 1.44. The van der Waals surface area contributed by atoms with Gasteiger partial charge in [-0.25, -0.2) is 9.18 Å². The minimum atomic E-state index is -0.795. The Labute approximate surface area is 183 Å². The number of rotatable bonds is 7. The second kappa shape index (κ2) is 9.98. The number of hydrogen-bond acceptors (Lipinski definition) is 4. The first kappa shape index (κ1) is 22.8. The fraction of sp³-hybridized carbons (Fsp3) is 0.591. The summed E-state index contributed by atoms with van der Waals surface area (Å²) in [6.45, 7) is 6.26. The maximum Gasteiger partial charge on any atom is 0.325 e. The first-order valence-corrected chi connectivity index (χ1v) is 11.0. The molecule has 8 nitrogen and oxygen atoms in total. The molecule has 2 heterocycles. The highest BCUT2D eigenvalue weighted by atomic mass is 19.1. The zero-order chi connectivity index (χ0) is 22.4. The van der Waals surface area contributed by atoms with E-state index >= 15 is 0 Å². The van der Waals surface area contributed by atoms with Crippen LogP contribution >= 0.6 is 0 Å². The van der Waals surface area contributed by atoms with Gasteiger partial charge in [0.15, 0.2) is 5.96 Å². The van der Waals surface area contributed by atoms with E-state index < -0.39 is 5.54 Å². The lowest BCUT2D eigenvalue weighted by Crippen LogP contribution is -2.51. The summed E-state index contributed by atoms with van der Waals surface area (Å²) in [5.41, 5.74) is 0.0958. The molecule has 170 valence electrons. The Morgan fingerprint density at radius 3 is 2.87 bits per heavy atom. The van der Waals surface area contributed by atoms with Gasteiger partial charge in [0.2, 0.25) is 0 Å². The lowest BCUT2D eigenvalue weighted by molar-refractivity contribution is -0.130. The molecule has 9 heteroatoms. The number of urea groups is 1. The number of halogens is 1. The van der Waals surface area contributed by atoms with E-state index in [1.807, 2.05) is 13.0 Å². The summed E-state index contributed by atoms with van der Waals surface area (Å²) < 4.78 is 13.6. The highest BCUT2D eigenvalue weighted by Gasteiger charge is 2.45. The lowest BCUT2D eigenvalue weighted by atomic mass is 9.99. The molecule has 0 spiro atoms. The summed E-state index contributed by atoms with van der Waals surface area (Å²) in [6.07, 6.45) is 3.20. The third kappa shape index (κ3) is 5.45. The molecule has 0 aromatic heterocycles. The number of carbonyl (C=O) groups is 2. The Hall–Kier alpha value is -2.84. The monoisotopic (exact) mass is 432 g/mol. The number of guanidine groups is 1. The second-order valence-electron chi connectivity index (χ2n) is 8.33. The van der Waals surface area contributed by atoms with Gasteiger partial charge in [0, 0.05) is 45.0 Å². The number of amides is 3. The van der Waals surface area contributed by atoms with Crippen LogP contribution in [0.2, 0.25) is 0 Å². The van der Waals surface area contributed by atoms with Crippen molar-refractivity contribution in [3.8, 4) is 0 Å². The van der Waals surface area contributed by atoms with E-state index in [4.69, 9.17) is 0 Å². The molecule has 2 aliphatic rings. The zero-order valence-corrected chi connectivity index (χ0v) is 18.6. The number of aliphatic imine (C=N–C) groups is 1. The highest BCUT2D eigenvalue weighted by molar-refractivity contribution is 6.06. The molecule has 31 heavy (non-hydrogen) atoms. The van der Waals surface area contributed by atoms with Crippen molar-refractivity contribution in [2.45, 2.75) is 51.1 Å². The second-order valence-corrected chi connectivity index (χ2v) is 8.33. The quantitative estimate of drug-likeness (QED) is 0.266. The zero-order valence-electron chi connectivity index (χ0n) is 18.6. The molecule has 3 amide bonds. The average Bonchev–Trinajstić information content (AvgIpc) is 2.99. The van der Waals surface area contributed by atoms with E-state index in [2.05, 4.69) is 25.8 Å². The van der Waals surface area contributed by atoms with Crippen molar-refractivity contribution >= 4 is 23.6 Å². The molecule has 0 aliphatic carbocycles. The average molecular weight is 433 g/mol. The molecule has 0 bridgehead atoms. The Morgan fingerprint density at radius 2 is 2.19 bits per heavy atom. The molecule has 2 unspecified atom stereocenters. The van der Waals surface area contributed by atoms with Crippen LogP contribution in [0.5, 0.6) is 0 Å². The normalized spacial score (nSPS) is 24.4. The van der Waals surface area contributed by atoms with Crippen molar-refractivity contribution < 1.29 is 14.0 Å². The summed E-state index contributed by atoms with van der Waals surface area (Å²) in [7, 11) is 1.71. The van der Waals surface area contributed by atoms with Gasteiger partial charge in [-0.15, -0.1) is 0 Å². The van der Waals surface area contributed by atoms with Gasteiger partial charge < -0.3 is 20.9 Å². The van der Waals surface area contributed by atoms with Gasteiger partial charge in [0.1, 0.15) is 11.4 Å². The summed E-state index contributed by atoms with van der Waals surface area (Å²) in [6, 6.07) is 6.55. The fourth-order valence-corrected chi connectivity index (χ4v) is 4.02. The Morgan fingerprint density at radius 1 is 1.39 bits per heavy atom. The largest absolute Gasteiger partial charge is 0.369 e. The summed E-state index contributed by atoms with van der Waals surface area (Å²) in [4.78, 5) is 32.3. The molecule has 0 radical (unpaired) electrons. The van der Waals surface area contributed by atoms with Crippen molar-refractivity contribution in [1.29, 1.82) is 0 Å². The van der Waals surface area contributed by atoms with Crippen LogP contribution < -0.4 is 20.9 Å². The van der Waals surface area contributed by atoms with Crippen LogP contribution in [-0.4, -0.2) is 67.6 Å². The minimum Gasteiger partial charge on any atom is -0.369 e. The number of imide groups is 1. The van der Waals surface area contributed by atoms with Crippen LogP contribution in [0.4, 0.5) is 14.9 Å². The third-order valence-electron chi connectivity index (χ3n) is 6.06.